The van der Waals surface area contributed by atoms with Crippen LogP contribution < -0.4 is 0 Å². The number of para-hydroxylation sites is 1. The molecular formula is C24H26N2O. The first-order valence-corrected chi connectivity index (χ1v) is 9.79. The highest BCUT2D eigenvalue weighted by Gasteiger charge is 2.24. The predicted octanol–water partition coefficient (Wildman–Crippen LogP) is 5.39. The maximum atomic E-state index is 13.3. The normalized spacial score (nSPS) is 15.3. The largest absolute Gasteiger partial charge is 0.339 e. The molecule has 1 fully saturated rings. The van der Waals surface area contributed by atoms with Crippen molar-refractivity contribution in [3.05, 3.63) is 65.2 Å². The van der Waals surface area contributed by atoms with Gasteiger partial charge in [0.25, 0.3) is 5.91 Å². The third-order valence-electron chi connectivity index (χ3n) is 5.68. The zero-order valence-electron chi connectivity index (χ0n) is 16.3. The van der Waals surface area contributed by atoms with Crippen LogP contribution in [0.4, 0.5) is 0 Å². The van der Waals surface area contributed by atoms with Crippen LogP contribution in [-0.4, -0.2) is 28.9 Å². The second-order valence-electron chi connectivity index (χ2n) is 7.87. The number of piperidine rings is 1. The second-order valence-corrected chi connectivity index (χ2v) is 7.87. The average Bonchev–Trinajstić information content (AvgIpc) is 2.67. The summed E-state index contributed by atoms with van der Waals surface area (Å²) in [7, 11) is 0. The van der Waals surface area contributed by atoms with Crippen LogP contribution in [0, 0.1) is 19.8 Å². The Labute approximate surface area is 161 Å². The fraction of sp³-hybridized carbons (Fsp3) is 0.333. The van der Waals surface area contributed by atoms with Crippen molar-refractivity contribution < 1.29 is 4.79 Å². The van der Waals surface area contributed by atoms with Gasteiger partial charge in [-0.25, -0.2) is 4.98 Å². The SMILES string of the molecule is Cc1ccc(-c2cc(C(=O)N3CCC(C)CC3)c3ccccc3n2)c(C)c1. The Morgan fingerprint density at radius 1 is 1.04 bits per heavy atom. The second kappa shape index (κ2) is 7.15. The number of nitrogens with zero attached hydrogens (tertiary/aromatic N) is 2. The molecule has 3 heteroatoms. The molecular weight excluding hydrogens is 332 g/mol. The molecule has 1 aliphatic heterocycles. The van der Waals surface area contributed by atoms with Gasteiger partial charge in [-0.2, -0.15) is 0 Å². The number of carbonyl (C=O) groups excluding carboxylic acids is 1. The number of aromatic nitrogens is 1. The molecule has 3 nitrogen and oxygen atoms in total. The van der Waals surface area contributed by atoms with Crippen LogP contribution in [0.15, 0.2) is 48.5 Å². The molecule has 0 radical (unpaired) electrons. The highest BCUT2D eigenvalue weighted by Crippen LogP contribution is 2.29. The number of hydrogen-bond acceptors (Lipinski definition) is 2. The van der Waals surface area contributed by atoms with E-state index in [1.165, 1.54) is 11.1 Å². The van der Waals surface area contributed by atoms with Crippen LogP contribution in [0.5, 0.6) is 0 Å². The molecule has 3 aromatic rings. The Balaban J connectivity index is 1.83. The Hall–Kier alpha value is -2.68. The molecule has 2 aromatic carbocycles. The number of fused-ring (bicyclic) bond motifs is 1. The van der Waals surface area contributed by atoms with Crippen molar-refractivity contribution in [1.29, 1.82) is 0 Å². The molecule has 0 spiro atoms. The minimum atomic E-state index is 0.131. The van der Waals surface area contributed by atoms with Crippen LogP contribution in [0.3, 0.4) is 0 Å². The van der Waals surface area contributed by atoms with E-state index in [2.05, 4.69) is 39.0 Å². The fourth-order valence-electron chi connectivity index (χ4n) is 3.97. The smallest absolute Gasteiger partial charge is 0.254 e. The number of pyridine rings is 1. The third-order valence-corrected chi connectivity index (χ3v) is 5.68. The molecule has 4 rings (SSSR count). The third kappa shape index (κ3) is 3.46. The molecule has 0 N–H and O–H groups in total. The highest BCUT2D eigenvalue weighted by molar-refractivity contribution is 6.07. The summed E-state index contributed by atoms with van der Waals surface area (Å²) in [4.78, 5) is 20.2. The quantitative estimate of drug-likeness (QED) is 0.615. The lowest BCUT2D eigenvalue weighted by atomic mass is 9.96. The van der Waals surface area contributed by atoms with Gasteiger partial charge in [0.05, 0.1) is 16.8 Å². The first-order valence-electron chi connectivity index (χ1n) is 9.79. The highest BCUT2D eigenvalue weighted by atomic mass is 16.2. The number of carbonyl (C=O) groups is 1. The zero-order chi connectivity index (χ0) is 19.0. The van der Waals surface area contributed by atoms with Gasteiger partial charge in [0, 0.05) is 24.0 Å². The van der Waals surface area contributed by atoms with Gasteiger partial charge in [-0.05, 0) is 50.3 Å². The van der Waals surface area contributed by atoms with Crippen LogP contribution in [0.1, 0.15) is 41.3 Å². The van der Waals surface area contributed by atoms with Crippen LogP contribution in [0.2, 0.25) is 0 Å². The number of likely N-dealkylation sites (tertiary alicyclic amines) is 1. The van der Waals surface area contributed by atoms with E-state index in [0.29, 0.717) is 5.92 Å². The van der Waals surface area contributed by atoms with Gasteiger partial charge >= 0.3 is 0 Å². The first kappa shape index (κ1) is 17.7. The predicted molar refractivity (Wildman–Crippen MR) is 111 cm³/mol. The van der Waals surface area contributed by atoms with Crippen LogP contribution >= 0.6 is 0 Å². The molecule has 1 aromatic heterocycles. The number of rotatable bonds is 2. The van der Waals surface area contributed by atoms with Gasteiger partial charge in [0.2, 0.25) is 0 Å². The molecule has 27 heavy (non-hydrogen) atoms. The maximum Gasteiger partial charge on any atom is 0.254 e. The molecule has 2 heterocycles. The van der Waals surface area contributed by atoms with E-state index in [1.807, 2.05) is 35.2 Å². The summed E-state index contributed by atoms with van der Waals surface area (Å²) in [5.74, 6) is 0.834. The van der Waals surface area contributed by atoms with Crippen molar-refractivity contribution in [2.75, 3.05) is 13.1 Å². The molecule has 1 amide bonds. The molecule has 1 aliphatic rings. The Morgan fingerprint density at radius 2 is 1.78 bits per heavy atom. The van der Waals surface area contributed by atoms with Crippen molar-refractivity contribution in [3.8, 4) is 11.3 Å². The number of benzene rings is 2. The van der Waals surface area contributed by atoms with Crippen molar-refractivity contribution >= 4 is 16.8 Å². The minimum absolute atomic E-state index is 0.131. The first-order chi connectivity index (χ1) is 13.0. The zero-order valence-corrected chi connectivity index (χ0v) is 16.3. The monoisotopic (exact) mass is 358 g/mol. The topological polar surface area (TPSA) is 33.2 Å². The molecule has 1 saturated heterocycles. The van der Waals surface area contributed by atoms with Gasteiger partial charge in [-0.3, -0.25) is 4.79 Å². The lowest BCUT2D eigenvalue weighted by Gasteiger charge is -2.30. The molecule has 138 valence electrons. The molecule has 0 bridgehead atoms. The van der Waals surface area contributed by atoms with E-state index in [9.17, 15) is 4.79 Å². The van der Waals surface area contributed by atoms with Gasteiger partial charge < -0.3 is 4.90 Å². The minimum Gasteiger partial charge on any atom is -0.339 e. The summed E-state index contributed by atoms with van der Waals surface area (Å²) in [5.41, 5.74) is 6.03. The number of hydrogen-bond donors (Lipinski definition) is 0. The molecule has 0 saturated carbocycles. The van der Waals surface area contributed by atoms with Crippen molar-refractivity contribution in [1.82, 2.24) is 9.88 Å². The summed E-state index contributed by atoms with van der Waals surface area (Å²) in [6.45, 7) is 8.15. The van der Waals surface area contributed by atoms with E-state index in [4.69, 9.17) is 4.98 Å². The Morgan fingerprint density at radius 3 is 2.52 bits per heavy atom. The van der Waals surface area contributed by atoms with Gasteiger partial charge in [-0.15, -0.1) is 0 Å². The van der Waals surface area contributed by atoms with Crippen molar-refractivity contribution in [2.45, 2.75) is 33.6 Å². The summed E-state index contributed by atoms with van der Waals surface area (Å²) in [6.07, 6.45) is 2.16. The van der Waals surface area contributed by atoms with E-state index >= 15 is 0 Å². The molecule has 0 atom stereocenters. The van der Waals surface area contributed by atoms with Gasteiger partial charge in [0.15, 0.2) is 0 Å². The van der Waals surface area contributed by atoms with Gasteiger partial charge in [-0.1, -0.05) is 48.9 Å². The van der Waals surface area contributed by atoms with Crippen LogP contribution in [0.25, 0.3) is 22.2 Å². The number of amides is 1. The number of aryl methyl sites for hydroxylation is 2. The molecule has 0 unspecified atom stereocenters. The van der Waals surface area contributed by atoms with E-state index in [-0.39, 0.29) is 5.91 Å². The summed E-state index contributed by atoms with van der Waals surface area (Å²) >= 11 is 0. The van der Waals surface area contributed by atoms with Gasteiger partial charge in [0.1, 0.15) is 0 Å². The van der Waals surface area contributed by atoms with E-state index in [1.54, 1.807) is 0 Å². The summed E-state index contributed by atoms with van der Waals surface area (Å²) < 4.78 is 0. The van der Waals surface area contributed by atoms with E-state index in [0.717, 1.165) is 53.7 Å². The Kier molecular flexibility index (Phi) is 4.69. The average molecular weight is 358 g/mol. The summed E-state index contributed by atoms with van der Waals surface area (Å²) in [6, 6.07) is 16.3. The fourth-order valence-corrected chi connectivity index (χ4v) is 3.97. The van der Waals surface area contributed by atoms with Crippen LogP contribution in [-0.2, 0) is 0 Å². The van der Waals surface area contributed by atoms with Crippen molar-refractivity contribution in [3.63, 3.8) is 0 Å². The summed E-state index contributed by atoms with van der Waals surface area (Å²) in [5, 5.41) is 0.939. The van der Waals surface area contributed by atoms with Crippen molar-refractivity contribution in [2.24, 2.45) is 5.92 Å². The standard InChI is InChI=1S/C24H26N2O/c1-16-10-12-26(13-11-16)24(27)21-15-23(19-9-8-17(2)14-18(19)3)25-22-7-5-4-6-20(21)22/h4-9,14-16H,10-13H2,1-3H3. The maximum absolute atomic E-state index is 13.3. The lowest BCUT2D eigenvalue weighted by molar-refractivity contribution is 0.0699. The lowest BCUT2D eigenvalue weighted by Crippen LogP contribution is -2.38. The van der Waals surface area contributed by atoms with E-state index < -0.39 is 0 Å². The molecule has 0 aliphatic carbocycles. The Bertz CT molecular complexity index is 1000.